The number of hydrogen-bond acceptors (Lipinski definition) is 3. The molecule has 1 saturated heterocycles. The highest BCUT2D eigenvalue weighted by atomic mass is 79.9. The number of carbonyl (C=O) groups excluding carboxylic acids is 1. The highest BCUT2D eigenvalue weighted by molar-refractivity contribution is 9.10. The third kappa shape index (κ3) is 3.05. The van der Waals surface area contributed by atoms with E-state index in [1.165, 1.54) is 0 Å². The minimum atomic E-state index is -3.35. The maximum absolute atomic E-state index is 13.0. The first-order chi connectivity index (χ1) is 8.79. The van der Waals surface area contributed by atoms with Gasteiger partial charge in [0.05, 0.1) is 13.0 Å². The molecule has 1 atom stereocenters. The molecule has 1 aliphatic heterocycles. The lowest BCUT2D eigenvalue weighted by Gasteiger charge is -2.13. The Bertz CT molecular complexity index is 496. The molecule has 1 aliphatic rings. The lowest BCUT2D eigenvalue weighted by molar-refractivity contribution is -0.158. The van der Waals surface area contributed by atoms with Crippen LogP contribution in [-0.4, -0.2) is 24.5 Å². The second-order valence-electron chi connectivity index (χ2n) is 4.74. The van der Waals surface area contributed by atoms with Gasteiger partial charge < -0.3 is 10.1 Å². The van der Waals surface area contributed by atoms with Crippen LogP contribution in [0.3, 0.4) is 0 Å². The summed E-state index contributed by atoms with van der Waals surface area (Å²) in [6.07, 6.45) is -1.35. The number of anilines is 1. The summed E-state index contributed by atoms with van der Waals surface area (Å²) in [7, 11) is 0. The van der Waals surface area contributed by atoms with E-state index in [2.05, 4.69) is 26.0 Å². The number of rotatable bonds is 3. The van der Waals surface area contributed by atoms with Crippen molar-refractivity contribution in [2.45, 2.75) is 32.3 Å². The van der Waals surface area contributed by atoms with Crippen molar-refractivity contribution < 1.29 is 18.3 Å². The summed E-state index contributed by atoms with van der Waals surface area (Å²) in [4.78, 5) is 10.9. The Kier molecular flexibility index (Phi) is 3.80. The van der Waals surface area contributed by atoms with E-state index in [1.807, 2.05) is 26.0 Å². The molecular weight excluding hydrogens is 320 g/mol. The number of esters is 1. The van der Waals surface area contributed by atoms with Crippen LogP contribution >= 0.6 is 15.9 Å². The summed E-state index contributed by atoms with van der Waals surface area (Å²) in [5.74, 6) is -4.78. The lowest BCUT2D eigenvalue weighted by Crippen LogP contribution is -2.22. The SMILES string of the molecule is Cc1cc(NCC2CC(F)(F)C(=O)O2)cc(C)c1Br. The van der Waals surface area contributed by atoms with Crippen LogP contribution in [0.5, 0.6) is 0 Å². The molecule has 1 aromatic rings. The number of nitrogens with one attached hydrogen (secondary N) is 1. The van der Waals surface area contributed by atoms with Gasteiger partial charge in [0, 0.05) is 10.2 Å². The van der Waals surface area contributed by atoms with E-state index < -0.39 is 24.4 Å². The minimum absolute atomic E-state index is 0.182. The molecule has 1 unspecified atom stereocenters. The van der Waals surface area contributed by atoms with Crippen LogP contribution in [0.1, 0.15) is 17.5 Å². The molecule has 6 heteroatoms. The van der Waals surface area contributed by atoms with Gasteiger partial charge in [0.15, 0.2) is 0 Å². The Labute approximate surface area is 118 Å². The maximum atomic E-state index is 13.0. The standard InChI is InChI=1S/C13H14BrF2NO2/c1-7-3-9(4-8(2)11(7)14)17-6-10-5-13(15,16)12(18)19-10/h3-4,10,17H,5-6H2,1-2H3. The minimum Gasteiger partial charge on any atom is -0.456 e. The van der Waals surface area contributed by atoms with Crippen molar-refractivity contribution >= 4 is 27.6 Å². The smallest absolute Gasteiger partial charge is 0.377 e. The van der Waals surface area contributed by atoms with E-state index in [-0.39, 0.29) is 6.54 Å². The van der Waals surface area contributed by atoms with Crippen LogP contribution in [0.2, 0.25) is 0 Å². The van der Waals surface area contributed by atoms with Gasteiger partial charge in [0.1, 0.15) is 6.10 Å². The fraction of sp³-hybridized carbons (Fsp3) is 0.462. The van der Waals surface area contributed by atoms with Crippen molar-refractivity contribution in [2.24, 2.45) is 0 Å². The maximum Gasteiger partial charge on any atom is 0.377 e. The van der Waals surface area contributed by atoms with Gasteiger partial charge >= 0.3 is 11.9 Å². The lowest BCUT2D eigenvalue weighted by atomic mass is 10.1. The van der Waals surface area contributed by atoms with E-state index in [0.29, 0.717) is 0 Å². The molecule has 0 radical (unpaired) electrons. The van der Waals surface area contributed by atoms with E-state index >= 15 is 0 Å². The summed E-state index contributed by atoms with van der Waals surface area (Å²) in [6.45, 7) is 4.08. The van der Waals surface area contributed by atoms with Gasteiger partial charge in [0.2, 0.25) is 0 Å². The number of hydrogen-bond donors (Lipinski definition) is 1. The van der Waals surface area contributed by atoms with Gasteiger partial charge in [-0.3, -0.25) is 0 Å². The third-order valence-corrected chi connectivity index (χ3v) is 4.28. The normalized spacial score (nSPS) is 21.3. The van der Waals surface area contributed by atoms with Crippen molar-refractivity contribution in [1.29, 1.82) is 0 Å². The van der Waals surface area contributed by atoms with Crippen molar-refractivity contribution in [2.75, 3.05) is 11.9 Å². The Morgan fingerprint density at radius 2 is 2.00 bits per heavy atom. The number of halogens is 3. The average Bonchev–Trinajstić information content (AvgIpc) is 2.57. The second kappa shape index (κ2) is 5.07. The third-order valence-electron chi connectivity index (χ3n) is 3.03. The van der Waals surface area contributed by atoms with Crippen LogP contribution in [-0.2, 0) is 9.53 Å². The summed E-state index contributed by atoms with van der Waals surface area (Å²) in [5.41, 5.74) is 2.93. The van der Waals surface area contributed by atoms with Gasteiger partial charge in [0.25, 0.3) is 0 Å². The summed E-state index contributed by atoms with van der Waals surface area (Å²) in [6, 6.07) is 3.82. The molecule has 0 spiro atoms. The molecule has 1 heterocycles. The van der Waals surface area contributed by atoms with Crippen LogP contribution in [0, 0.1) is 13.8 Å². The number of benzene rings is 1. The van der Waals surface area contributed by atoms with Gasteiger partial charge in [-0.2, -0.15) is 8.78 Å². The zero-order valence-corrected chi connectivity index (χ0v) is 12.2. The van der Waals surface area contributed by atoms with E-state index in [4.69, 9.17) is 0 Å². The quantitative estimate of drug-likeness (QED) is 0.861. The number of cyclic esters (lactones) is 1. The van der Waals surface area contributed by atoms with E-state index in [0.717, 1.165) is 21.3 Å². The predicted octanol–water partition coefficient (Wildman–Crippen LogP) is 3.43. The summed E-state index contributed by atoms with van der Waals surface area (Å²) >= 11 is 3.46. The highest BCUT2D eigenvalue weighted by Gasteiger charge is 2.50. The Morgan fingerprint density at radius 3 is 2.47 bits per heavy atom. The number of alkyl halides is 2. The molecule has 2 rings (SSSR count). The van der Waals surface area contributed by atoms with E-state index in [1.54, 1.807) is 0 Å². The van der Waals surface area contributed by atoms with Gasteiger partial charge in [-0.05, 0) is 37.1 Å². The first kappa shape index (κ1) is 14.2. The molecule has 104 valence electrons. The number of aryl methyl sites for hydroxylation is 2. The van der Waals surface area contributed by atoms with Gasteiger partial charge in [-0.15, -0.1) is 0 Å². The van der Waals surface area contributed by atoms with Gasteiger partial charge in [-0.25, -0.2) is 4.79 Å². The average molecular weight is 334 g/mol. The molecule has 3 nitrogen and oxygen atoms in total. The molecule has 0 aromatic heterocycles. The predicted molar refractivity (Wildman–Crippen MR) is 71.5 cm³/mol. The summed E-state index contributed by atoms with van der Waals surface area (Å²) in [5, 5.41) is 3.02. The largest absolute Gasteiger partial charge is 0.456 e. The van der Waals surface area contributed by atoms with Crippen LogP contribution in [0.4, 0.5) is 14.5 Å². The van der Waals surface area contributed by atoms with Crippen LogP contribution in [0.15, 0.2) is 16.6 Å². The van der Waals surface area contributed by atoms with Crippen molar-refractivity contribution in [3.8, 4) is 0 Å². The van der Waals surface area contributed by atoms with Gasteiger partial charge in [-0.1, -0.05) is 15.9 Å². The Hall–Kier alpha value is -1.17. The Balaban J connectivity index is 1.99. The zero-order valence-electron chi connectivity index (χ0n) is 10.6. The highest BCUT2D eigenvalue weighted by Crippen LogP contribution is 2.31. The van der Waals surface area contributed by atoms with Crippen molar-refractivity contribution in [3.05, 3.63) is 27.7 Å². The first-order valence-corrected chi connectivity index (χ1v) is 6.68. The fourth-order valence-corrected chi connectivity index (χ4v) is 2.27. The van der Waals surface area contributed by atoms with Crippen LogP contribution in [0.25, 0.3) is 0 Å². The molecule has 0 bridgehead atoms. The number of carbonyl (C=O) groups is 1. The molecular formula is C13H14BrF2NO2. The molecule has 1 aromatic carbocycles. The zero-order chi connectivity index (χ0) is 14.2. The van der Waals surface area contributed by atoms with Crippen LogP contribution < -0.4 is 5.32 Å². The topological polar surface area (TPSA) is 38.3 Å². The first-order valence-electron chi connectivity index (χ1n) is 5.89. The monoisotopic (exact) mass is 333 g/mol. The van der Waals surface area contributed by atoms with Crippen molar-refractivity contribution in [3.63, 3.8) is 0 Å². The Morgan fingerprint density at radius 1 is 1.42 bits per heavy atom. The van der Waals surface area contributed by atoms with E-state index in [9.17, 15) is 13.6 Å². The second-order valence-corrected chi connectivity index (χ2v) is 5.53. The fourth-order valence-electron chi connectivity index (χ4n) is 2.04. The van der Waals surface area contributed by atoms with Crippen molar-refractivity contribution in [1.82, 2.24) is 0 Å². The number of ether oxygens (including phenoxy) is 1. The molecule has 19 heavy (non-hydrogen) atoms. The summed E-state index contributed by atoms with van der Waals surface area (Å²) < 4.78 is 31.6. The molecule has 0 saturated carbocycles. The molecule has 0 amide bonds. The molecule has 1 fully saturated rings. The molecule has 0 aliphatic carbocycles. The molecule has 1 N–H and O–H groups in total.